The third-order valence-corrected chi connectivity index (χ3v) is 5.98. The van der Waals surface area contributed by atoms with E-state index < -0.39 is 0 Å². The Morgan fingerprint density at radius 1 is 1.30 bits per heavy atom. The van der Waals surface area contributed by atoms with E-state index in [2.05, 4.69) is 16.9 Å². The smallest absolute Gasteiger partial charge is 0.265 e. The number of carbonyl (C=O) groups excluding carboxylic acids is 2. The van der Waals surface area contributed by atoms with Crippen molar-refractivity contribution in [3.05, 3.63) is 66.1 Å². The van der Waals surface area contributed by atoms with Crippen LogP contribution in [0, 0.1) is 6.92 Å². The second-order valence-corrected chi connectivity index (χ2v) is 8.70. The maximum atomic E-state index is 12.4. The summed E-state index contributed by atoms with van der Waals surface area (Å²) in [5.74, 6) is 1.23. The molecule has 0 atom stereocenters. The summed E-state index contributed by atoms with van der Waals surface area (Å²) in [6, 6.07) is 15.2. The van der Waals surface area contributed by atoms with E-state index in [9.17, 15) is 9.59 Å². The van der Waals surface area contributed by atoms with E-state index in [1.54, 1.807) is 11.0 Å². The van der Waals surface area contributed by atoms with E-state index in [0.717, 1.165) is 21.9 Å². The predicted octanol–water partition coefficient (Wildman–Crippen LogP) is 4.83. The summed E-state index contributed by atoms with van der Waals surface area (Å²) in [6.07, 6.45) is 2.64. The molecule has 33 heavy (non-hydrogen) atoms. The molecule has 1 aliphatic heterocycles. The second kappa shape index (κ2) is 10.3. The minimum Gasteiger partial charge on any atom is -0.494 e. The number of hydrogen-bond acceptors (Lipinski definition) is 6. The van der Waals surface area contributed by atoms with Crippen LogP contribution in [0.3, 0.4) is 0 Å². The molecule has 2 amide bonds. The number of rotatable bonds is 9. The van der Waals surface area contributed by atoms with Gasteiger partial charge in [0.1, 0.15) is 11.5 Å². The van der Waals surface area contributed by atoms with Crippen molar-refractivity contribution in [2.75, 3.05) is 30.0 Å². The summed E-state index contributed by atoms with van der Waals surface area (Å²) < 4.78 is 11.2. The number of anilines is 2. The van der Waals surface area contributed by atoms with Crippen LogP contribution in [0.5, 0.6) is 11.5 Å². The minimum absolute atomic E-state index is 0.0164. The number of hydrogen-bond donors (Lipinski definition) is 1. The summed E-state index contributed by atoms with van der Waals surface area (Å²) in [4.78, 5) is 31.9. The van der Waals surface area contributed by atoms with Crippen molar-refractivity contribution in [2.24, 2.45) is 0 Å². The number of carbonyl (C=O) groups is 2. The maximum absolute atomic E-state index is 12.4. The Morgan fingerprint density at radius 3 is 2.91 bits per heavy atom. The average Bonchev–Trinajstić information content (AvgIpc) is 3.18. The van der Waals surface area contributed by atoms with Crippen molar-refractivity contribution in [3.63, 3.8) is 0 Å². The molecule has 7 nitrogen and oxygen atoms in total. The molecule has 0 saturated heterocycles. The van der Waals surface area contributed by atoms with Crippen molar-refractivity contribution in [3.8, 4) is 22.8 Å². The Bertz CT molecular complexity index is 1160. The number of thiazole rings is 1. The number of aromatic nitrogens is 1. The van der Waals surface area contributed by atoms with E-state index in [1.807, 2.05) is 55.5 Å². The van der Waals surface area contributed by atoms with Crippen LogP contribution < -0.4 is 19.7 Å². The summed E-state index contributed by atoms with van der Waals surface area (Å²) in [5.41, 5.74) is 2.31. The molecule has 0 saturated carbocycles. The van der Waals surface area contributed by atoms with E-state index in [0.29, 0.717) is 42.6 Å². The maximum Gasteiger partial charge on any atom is 0.265 e. The lowest BCUT2D eigenvalue weighted by atomic mass is 10.1. The van der Waals surface area contributed by atoms with Crippen LogP contribution >= 0.6 is 11.3 Å². The molecule has 1 aliphatic rings. The van der Waals surface area contributed by atoms with Crippen molar-refractivity contribution in [1.29, 1.82) is 0 Å². The van der Waals surface area contributed by atoms with Gasteiger partial charge in [-0.15, -0.1) is 17.9 Å². The van der Waals surface area contributed by atoms with Gasteiger partial charge in [0.2, 0.25) is 5.91 Å². The molecule has 1 aromatic heterocycles. The van der Waals surface area contributed by atoms with Gasteiger partial charge in [0.15, 0.2) is 11.7 Å². The van der Waals surface area contributed by atoms with Crippen LogP contribution in [0.15, 0.2) is 61.2 Å². The normalized spacial score (nSPS) is 12.6. The molecule has 0 aliphatic carbocycles. The number of nitrogens with one attached hydrogen (secondary N) is 1. The first kappa shape index (κ1) is 22.5. The predicted molar refractivity (Wildman–Crippen MR) is 130 cm³/mol. The molecule has 1 N–H and O–H groups in total. The quantitative estimate of drug-likeness (QED) is 0.363. The van der Waals surface area contributed by atoms with Gasteiger partial charge in [-0.2, -0.15) is 0 Å². The molecule has 170 valence electrons. The van der Waals surface area contributed by atoms with Gasteiger partial charge < -0.3 is 19.7 Å². The summed E-state index contributed by atoms with van der Waals surface area (Å²) in [7, 11) is 0. The van der Waals surface area contributed by atoms with E-state index in [1.165, 1.54) is 11.3 Å². The zero-order chi connectivity index (χ0) is 23.2. The highest BCUT2D eigenvalue weighted by atomic mass is 32.1. The second-order valence-electron chi connectivity index (χ2n) is 7.50. The van der Waals surface area contributed by atoms with Crippen LogP contribution in [0.25, 0.3) is 11.3 Å². The molecule has 2 heterocycles. The monoisotopic (exact) mass is 463 g/mol. The van der Waals surface area contributed by atoms with Crippen molar-refractivity contribution in [1.82, 2.24) is 4.98 Å². The van der Waals surface area contributed by atoms with Crippen LogP contribution in [0.4, 0.5) is 10.8 Å². The van der Waals surface area contributed by atoms with Crippen molar-refractivity contribution >= 4 is 34.0 Å². The van der Waals surface area contributed by atoms with Crippen LogP contribution in [-0.2, 0) is 9.59 Å². The van der Waals surface area contributed by atoms with Gasteiger partial charge in [0, 0.05) is 23.4 Å². The topological polar surface area (TPSA) is 80.8 Å². The summed E-state index contributed by atoms with van der Waals surface area (Å²) in [6.45, 7) is 6.59. The Balaban J connectivity index is 1.39. The highest BCUT2D eigenvalue weighted by Gasteiger charge is 2.25. The van der Waals surface area contributed by atoms with Gasteiger partial charge in [0.05, 0.1) is 18.0 Å². The van der Waals surface area contributed by atoms with Crippen LogP contribution in [0.2, 0.25) is 0 Å². The van der Waals surface area contributed by atoms with E-state index in [-0.39, 0.29) is 18.4 Å². The number of fused-ring (bicyclic) bond motifs is 1. The lowest BCUT2D eigenvalue weighted by molar-refractivity contribution is -0.121. The fourth-order valence-electron chi connectivity index (χ4n) is 3.52. The van der Waals surface area contributed by atoms with Crippen LogP contribution in [0.1, 0.15) is 17.7 Å². The fourth-order valence-corrected chi connectivity index (χ4v) is 4.37. The number of ether oxygens (including phenoxy) is 2. The van der Waals surface area contributed by atoms with Crippen molar-refractivity contribution < 1.29 is 19.1 Å². The molecule has 4 rings (SSSR count). The molecule has 0 bridgehead atoms. The minimum atomic E-state index is -0.112. The number of aryl methyl sites for hydroxylation is 1. The van der Waals surface area contributed by atoms with Gasteiger partial charge in [-0.05, 0) is 43.7 Å². The first-order valence-electron chi connectivity index (χ1n) is 10.7. The van der Waals surface area contributed by atoms with Gasteiger partial charge in [0.25, 0.3) is 5.91 Å². The molecule has 0 radical (unpaired) electrons. The number of nitrogens with zero attached hydrogens (tertiary/aromatic N) is 2. The molecule has 0 fully saturated rings. The summed E-state index contributed by atoms with van der Waals surface area (Å²) >= 11 is 1.42. The molecular formula is C25H25N3O4S. The molecule has 2 aromatic carbocycles. The zero-order valence-electron chi connectivity index (χ0n) is 18.4. The molecule has 3 aromatic rings. The fraction of sp³-hybridized carbons (Fsp3) is 0.240. The first-order chi connectivity index (χ1) is 16.0. The molecule has 8 heteroatoms. The third-order valence-electron chi connectivity index (χ3n) is 5.09. The standard InChI is InChI=1S/C25H25N3O4S/c1-3-13-28-20-15-18(11-12-21(20)32-16-23(28)30)24-17(2)33-25(27-24)26-22(29)10-7-14-31-19-8-5-4-6-9-19/h3-6,8-9,11-12,15H,1,7,10,13-14,16H2,2H3,(H,26,27,29). The van der Waals surface area contributed by atoms with Gasteiger partial charge in [-0.1, -0.05) is 24.3 Å². The highest BCUT2D eigenvalue weighted by Crippen LogP contribution is 2.38. The largest absolute Gasteiger partial charge is 0.494 e. The Labute approximate surface area is 196 Å². The van der Waals surface area contributed by atoms with E-state index in [4.69, 9.17) is 9.47 Å². The summed E-state index contributed by atoms with van der Waals surface area (Å²) in [5, 5.41) is 3.43. The number of benzene rings is 2. The lowest BCUT2D eigenvalue weighted by Crippen LogP contribution is -2.38. The molecule has 0 unspecified atom stereocenters. The van der Waals surface area contributed by atoms with Crippen molar-refractivity contribution in [2.45, 2.75) is 19.8 Å². The van der Waals surface area contributed by atoms with Gasteiger partial charge >= 0.3 is 0 Å². The molecule has 0 spiro atoms. The zero-order valence-corrected chi connectivity index (χ0v) is 19.2. The average molecular weight is 464 g/mol. The Kier molecular flexibility index (Phi) is 7.04. The van der Waals surface area contributed by atoms with Gasteiger partial charge in [-0.25, -0.2) is 4.98 Å². The SMILES string of the molecule is C=CCN1C(=O)COc2ccc(-c3nc(NC(=O)CCCOc4ccccc4)sc3C)cc21. The third kappa shape index (κ3) is 5.40. The Morgan fingerprint density at radius 2 is 2.12 bits per heavy atom. The number of para-hydroxylation sites is 1. The van der Waals surface area contributed by atoms with Crippen LogP contribution in [-0.4, -0.2) is 36.6 Å². The molecular weight excluding hydrogens is 438 g/mol. The van der Waals surface area contributed by atoms with E-state index >= 15 is 0 Å². The first-order valence-corrected chi connectivity index (χ1v) is 11.5. The highest BCUT2D eigenvalue weighted by molar-refractivity contribution is 7.16. The van der Waals surface area contributed by atoms with Gasteiger partial charge in [-0.3, -0.25) is 9.59 Å². The Hall–Kier alpha value is -3.65. The lowest BCUT2D eigenvalue weighted by Gasteiger charge is -2.28. The number of amides is 2.